The zero-order valence-corrected chi connectivity index (χ0v) is 39.3. The summed E-state index contributed by atoms with van der Waals surface area (Å²) in [5, 5.41) is 60.7. The minimum absolute atomic E-state index is 0.215. The molecule has 6 saturated carbocycles. The molecule has 340 valence electrons. The van der Waals surface area contributed by atoms with Gasteiger partial charge in [-0.25, -0.2) is 0 Å². The maximum Gasteiger partial charge on any atom is 0.0849 e. The van der Waals surface area contributed by atoms with E-state index in [-0.39, 0.29) is 12.2 Å². The van der Waals surface area contributed by atoms with Crippen molar-refractivity contribution in [2.75, 3.05) is 0 Å². The van der Waals surface area contributed by atoms with Gasteiger partial charge in [0, 0.05) is 0 Å². The van der Waals surface area contributed by atoms with Crippen LogP contribution in [0.4, 0.5) is 0 Å². The average molecular weight is 833 g/mol. The van der Waals surface area contributed by atoms with Crippen molar-refractivity contribution in [2.24, 2.45) is 46.3 Å². The molecule has 0 aliphatic heterocycles. The van der Waals surface area contributed by atoms with Crippen LogP contribution in [-0.4, -0.2) is 66.3 Å². The summed E-state index contributed by atoms with van der Waals surface area (Å²) in [7, 11) is 0. The Morgan fingerprint density at radius 1 is 0.583 bits per heavy atom. The lowest BCUT2D eigenvalue weighted by Gasteiger charge is -2.44. The molecule has 0 bridgehead atoms. The molecule has 6 fully saturated rings. The van der Waals surface area contributed by atoms with Crippen LogP contribution in [0.15, 0.2) is 70.9 Å². The first-order chi connectivity index (χ1) is 28.0. The van der Waals surface area contributed by atoms with Gasteiger partial charge in [-0.2, -0.15) is 0 Å². The average Bonchev–Trinajstić information content (AvgIpc) is 3.73. The summed E-state index contributed by atoms with van der Waals surface area (Å²) >= 11 is 0. The summed E-state index contributed by atoms with van der Waals surface area (Å²) in [6.07, 6.45) is 28.3. The van der Waals surface area contributed by atoms with Gasteiger partial charge in [-0.3, -0.25) is 0 Å². The largest absolute Gasteiger partial charge is 0.393 e. The Morgan fingerprint density at radius 2 is 0.950 bits per heavy atom. The topological polar surface area (TPSA) is 121 Å². The van der Waals surface area contributed by atoms with Crippen LogP contribution in [0.2, 0.25) is 0 Å². The third-order valence-corrected chi connectivity index (χ3v) is 17.2. The number of aliphatic hydroxyl groups excluding tert-OH is 4. The molecule has 6 nitrogen and oxygen atoms in total. The molecule has 0 unspecified atom stereocenters. The van der Waals surface area contributed by atoms with Crippen LogP contribution in [0.5, 0.6) is 0 Å². The van der Waals surface area contributed by atoms with E-state index in [2.05, 4.69) is 65.2 Å². The third-order valence-electron chi connectivity index (χ3n) is 17.2. The van der Waals surface area contributed by atoms with E-state index in [1.54, 1.807) is 38.8 Å². The maximum absolute atomic E-state index is 10.3. The van der Waals surface area contributed by atoms with Crippen LogP contribution in [0.3, 0.4) is 0 Å². The lowest BCUT2D eigenvalue weighted by molar-refractivity contribution is -0.0555. The Hall–Kier alpha value is -1.80. The molecule has 0 aromatic carbocycles. The Labute approximate surface area is 366 Å². The van der Waals surface area contributed by atoms with E-state index >= 15 is 0 Å². The second kappa shape index (κ2) is 20.4. The molecule has 0 aromatic heterocycles. The van der Waals surface area contributed by atoms with E-state index in [0.29, 0.717) is 59.2 Å². The van der Waals surface area contributed by atoms with Gasteiger partial charge in [0.2, 0.25) is 0 Å². The molecule has 6 aliphatic carbocycles. The van der Waals surface area contributed by atoms with Crippen molar-refractivity contribution in [3.63, 3.8) is 0 Å². The lowest BCUT2D eigenvalue weighted by Crippen LogP contribution is -2.38. The normalized spacial score (nSPS) is 37.4. The molecule has 0 amide bonds. The number of hydrogen-bond donors (Lipinski definition) is 6. The first-order valence-corrected chi connectivity index (χ1v) is 24.4. The monoisotopic (exact) mass is 833 g/mol. The van der Waals surface area contributed by atoms with Crippen molar-refractivity contribution >= 4 is 0 Å². The van der Waals surface area contributed by atoms with Crippen molar-refractivity contribution in [1.29, 1.82) is 0 Å². The summed E-state index contributed by atoms with van der Waals surface area (Å²) in [5.74, 6) is 3.78. The van der Waals surface area contributed by atoms with Gasteiger partial charge in [0.15, 0.2) is 0 Å². The van der Waals surface area contributed by atoms with Gasteiger partial charge in [-0.15, -0.1) is 0 Å². The number of allylic oxidation sites excluding steroid dienone is 8. The van der Waals surface area contributed by atoms with Crippen molar-refractivity contribution < 1.29 is 30.6 Å². The molecule has 6 N–H and O–H groups in total. The van der Waals surface area contributed by atoms with Gasteiger partial charge in [0.25, 0.3) is 0 Å². The highest BCUT2D eigenvalue weighted by atomic mass is 16.3. The minimum Gasteiger partial charge on any atom is -0.393 e. The molecule has 0 aromatic rings. The molecule has 12 atom stereocenters. The molecular formula is C54H88O6. The summed E-state index contributed by atoms with van der Waals surface area (Å²) in [5.41, 5.74) is 6.67. The van der Waals surface area contributed by atoms with Gasteiger partial charge in [-0.1, -0.05) is 87.4 Å². The molecule has 6 aliphatic rings. The number of fused-ring (bicyclic) bond motifs is 2. The SMILES string of the molecule is C=C1CC[C@H](O)C/C1=C/C=C1\CCC[C@]2(C)[C@@H]([C@H](C)CC[C@@H](O)C(C)(C)O)CC[C@@H]12.C=C1CC[C@H](O)C/C1=C/C=C1\CCC[C@]2(C)[C@@H]([C@H](C)CC[C@@H](O)C(C)(C)O)CC[C@@H]12. The second-order valence-electron chi connectivity index (χ2n) is 22.5. The quantitative estimate of drug-likeness (QED) is 0.116. The molecule has 6 rings (SSSR count). The van der Waals surface area contributed by atoms with Crippen LogP contribution in [0.1, 0.15) is 184 Å². The Bertz CT molecular complexity index is 1480. The molecule has 60 heavy (non-hydrogen) atoms. The Balaban J connectivity index is 0.000000228. The summed E-state index contributed by atoms with van der Waals surface area (Å²) in [6, 6.07) is 0. The molecular weight excluding hydrogens is 745 g/mol. The van der Waals surface area contributed by atoms with Crippen LogP contribution in [-0.2, 0) is 0 Å². The second-order valence-corrected chi connectivity index (χ2v) is 22.5. The zero-order chi connectivity index (χ0) is 44.2. The summed E-state index contributed by atoms with van der Waals surface area (Å²) in [6.45, 7) is 24.9. The van der Waals surface area contributed by atoms with Gasteiger partial charge < -0.3 is 30.6 Å². The molecule has 0 saturated heterocycles. The van der Waals surface area contributed by atoms with E-state index in [4.69, 9.17) is 0 Å². The van der Waals surface area contributed by atoms with Crippen LogP contribution in [0, 0.1) is 46.3 Å². The van der Waals surface area contributed by atoms with Gasteiger partial charge >= 0.3 is 0 Å². The fourth-order valence-electron chi connectivity index (χ4n) is 13.2. The highest BCUT2D eigenvalue weighted by Gasteiger charge is 2.52. The van der Waals surface area contributed by atoms with Gasteiger partial charge in [-0.05, 0) is 214 Å². The molecule has 6 heteroatoms. The molecule has 0 radical (unpaired) electrons. The fraction of sp³-hybridized carbons (Fsp3) is 0.778. The van der Waals surface area contributed by atoms with E-state index in [1.807, 2.05) is 0 Å². The number of hydrogen-bond acceptors (Lipinski definition) is 6. The first-order valence-electron chi connectivity index (χ1n) is 24.4. The van der Waals surface area contributed by atoms with E-state index in [0.717, 1.165) is 51.4 Å². The van der Waals surface area contributed by atoms with Crippen LogP contribution >= 0.6 is 0 Å². The Kier molecular flexibility index (Phi) is 16.7. The van der Waals surface area contributed by atoms with E-state index in [1.165, 1.54) is 86.5 Å². The predicted molar refractivity (Wildman–Crippen MR) is 248 cm³/mol. The number of rotatable bonds is 12. The van der Waals surface area contributed by atoms with Crippen LogP contribution in [0.25, 0.3) is 0 Å². The number of aliphatic hydroxyl groups is 6. The van der Waals surface area contributed by atoms with Gasteiger partial charge in [0.05, 0.1) is 35.6 Å². The van der Waals surface area contributed by atoms with E-state index in [9.17, 15) is 30.6 Å². The summed E-state index contributed by atoms with van der Waals surface area (Å²) < 4.78 is 0. The zero-order valence-electron chi connectivity index (χ0n) is 39.3. The minimum atomic E-state index is -1.02. The van der Waals surface area contributed by atoms with E-state index < -0.39 is 23.4 Å². The summed E-state index contributed by atoms with van der Waals surface area (Å²) in [4.78, 5) is 0. The third kappa shape index (κ3) is 11.9. The maximum atomic E-state index is 10.3. The Morgan fingerprint density at radius 3 is 1.30 bits per heavy atom. The van der Waals surface area contributed by atoms with Crippen molar-refractivity contribution in [1.82, 2.24) is 0 Å². The van der Waals surface area contributed by atoms with Crippen molar-refractivity contribution in [3.05, 3.63) is 70.9 Å². The first kappa shape index (κ1) is 49.2. The molecule has 0 heterocycles. The lowest BCUT2D eigenvalue weighted by atomic mass is 9.60. The smallest absolute Gasteiger partial charge is 0.0849 e. The highest BCUT2D eigenvalue weighted by molar-refractivity contribution is 5.37. The van der Waals surface area contributed by atoms with Gasteiger partial charge in [0.1, 0.15) is 0 Å². The highest BCUT2D eigenvalue weighted by Crippen LogP contribution is 2.61. The standard InChI is InChI=1S/2C27H44O3/c2*1-18-8-12-22(28)17-21(18)11-10-20-7-6-16-27(5)23(13-14-24(20)27)19(2)9-15-25(29)26(3,4)30/h2*10-11,19,22-25,28-30H,1,6-9,12-17H2,2-5H3/b2*20-10+,21-11-/t2*19-,22+,23-,24+,25-,27-/m11/s1. The fourth-order valence-corrected chi connectivity index (χ4v) is 13.2. The predicted octanol–water partition coefficient (Wildman–Crippen LogP) is 11.4. The van der Waals surface area contributed by atoms with Crippen molar-refractivity contribution in [3.8, 4) is 0 Å². The molecule has 0 spiro atoms. The van der Waals surface area contributed by atoms with Crippen LogP contribution < -0.4 is 0 Å². The van der Waals surface area contributed by atoms with Crippen molar-refractivity contribution in [2.45, 2.75) is 219 Å².